The van der Waals surface area contributed by atoms with Crippen LogP contribution in [0, 0.1) is 0 Å². The van der Waals surface area contributed by atoms with E-state index in [4.69, 9.17) is 4.74 Å². The van der Waals surface area contributed by atoms with E-state index in [0.29, 0.717) is 5.92 Å². The van der Waals surface area contributed by atoms with Crippen LogP contribution >= 0.6 is 15.9 Å². The molecule has 0 aliphatic heterocycles. The summed E-state index contributed by atoms with van der Waals surface area (Å²) in [6.45, 7) is 3.00. The molecule has 0 amide bonds. The van der Waals surface area contributed by atoms with Crippen LogP contribution in [0.25, 0.3) is 0 Å². The van der Waals surface area contributed by atoms with Crippen molar-refractivity contribution in [1.29, 1.82) is 0 Å². The summed E-state index contributed by atoms with van der Waals surface area (Å²) in [6.07, 6.45) is 12.2. The van der Waals surface area contributed by atoms with Crippen molar-refractivity contribution in [2.75, 3.05) is 6.61 Å². The van der Waals surface area contributed by atoms with Crippen LogP contribution in [0.4, 0.5) is 0 Å². The van der Waals surface area contributed by atoms with Gasteiger partial charge in [0.15, 0.2) is 4.51 Å². The third-order valence-electron chi connectivity index (χ3n) is 3.32. The summed E-state index contributed by atoms with van der Waals surface area (Å²) in [4.78, 5) is 0. The van der Waals surface area contributed by atoms with Gasteiger partial charge in [-0.25, -0.2) is 0 Å². The van der Waals surface area contributed by atoms with Gasteiger partial charge in [-0.1, -0.05) is 62.2 Å². The van der Waals surface area contributed by atoms with E-state index < -0.39 is 4.51 Å². The first-order chi connectivity index (χ1) is 9.23. The third kappa shape index (κ3) is 4.32. The number of ether oxygens (including phenoxy) is 1. The van der Waals surface area contributed by atoms with Gasteiger partial charge in [0.2, 0.25) is 0 Å². The van der Waals surface area contributed by atoms with Gasteiger partial charge < -0.3 is 4.74 Å². The second-order valence-corrected chi connectivity index (χ2v) is 6.15. The zero-order valence-corrected chi connectivity index (χ0v) is 13.0. The molecule has 0 aromatic heterocycles. The molecule has 0 N–H and O–H groups in total. The number of allylic oxidation sites excluding steroid dienone is 2. The van der Waals surface area contributed by atoms with Gasteiger partial charge in [0, 0.05) is 12.5 Å². The molecule has 19 heavy (non-hydrogen) atoms. The fraction of sp³-hybridized carbons (Fsp3) is 0.412. The monoisotopic (exact) mass is 320 g/mol. The number of alkyl halides is 1. The highest BCUT2D eigenvalue weighted by Crippen LogP contribution is 2.32. The lowest BCUT2D eigenvalue weighted by molar-refractivity contribution is 0.0921. The molecule has 1 aliphatic rings. The van der Waals surface area contributed by atoms with E-state index in [1.165, 1.54) is 18.4 Å². The van der Waals surface area contributed by atoms with E-state index in [1.54, 1.807) is 0 Å². The molecule has 1 aromatic carbocycles. The summed E-state index contributed by atoms with van der Waals surface area (Å²) in [7, 11) is 0. The lowest BCUT2D eigenvalue weighted by Gasteiger charge is -2.25. The molecule has 0 saturated heterocycles. The van der Waals surface area contributed by atoms with Gasteiger partial charge in [0.05, 0.1) is 0 Å². The molecule has 2 rings (SSSR count). The minimum atomic E-state index is -0.411. The molecular weight excluding hydrogens is 300 g/mol. The maximum atomic E-state index is 5.90. The van der Waals surface area contributed by atoms with E-state index in [0.717, 1.165) is 13.0 Å². The van der Waals surface area contributed by atoms with Gasteiger partial charge in [0.1, 0.15) is 0 Å². The van der Waals surface area contributed by atoms with Crippen LogP contribution < -0.4 is 0 Å². The first kappa shape index (κ1) is 14.5. The van der Waals surface area contributed by atoms with Crippen LogP contribution in [-0.4, -0.2) is 11.1 Å². The van der Waals surface area contributed by atoms with Gasteiger partial charge in [-0.3, -0.25) is 0 Å². The summed E-state index contributed by atoms with van der Waals surface area (Å²) >= 11 is 3.65. The fourth-order valence-corrected chi connectivity index (χ4v) is 2.63. The first-order valence-corrected chi connectivity index (χ1v) is 7.79. The Morgan fingerprint density at radius 3 is 2.42 bits per heavy atom. The number of hydrogen-bond donors (Lipinski definition) is 0. The summed E-state index contributed by atoms with van der Waals surface area (Å²) in [5.74, 6) is 0.353. The zero-order valence-electron chi connectivity index (χ0n) is 11.4. The Morgan fingerprint density at radius 1 is 1.11 bits per heavy atom. The average molecular weight is 321 g/mol. The van der Waals surface area contributed by atoms with Gasteiger partial charge >= 0.3 is 0 Å². The van der Waals surface area contributed by atoms with E-state index in [1.807, 2.05) is 6.07 Å². The van der Waals surface area contributed by atoms with Crippen molar-refractivity contribution in [3.63, 3.8) is 0 Å². The lowest BCUT2D eigenvalue weighted by atomic mass is 9.94. The second-order valence-electron chi connectivity index (χ2n) is 4.91. The number of halogens is 1. The molecule has 1 aromatic rings. The quantitative estimate of drug-likeness (QED) is 0.398. The lowest BCUT2D eigenvalue weighted by Crippen LogP contribution is -2.22. The van der Waals surface area contributed by atoms with E-state index in [9.17, 15) is 0 Å². The largest absolute Gasteiger partial charge is 0.356 e. The highest BCUT2D eigenvalue weighted by atomic mass is 79.9. The molecular formula is C17H21BrO. The Labute approximate surface area is 124 Å². The number of rotatable bonds is 6. The van der Waals surface area contributed by atoms with Gasteiger partial charge in [-0.05, 0) is 40.1 Å². The molecule has 0 atom stereocenters. The molecule has 0 spiro atoms. The molecule has 0 unspecified atom stereocenters. The summed E-state index contributed by atoms with van der Waals surface area (Å²) < 4.78 is 5.49. The summed E-state index contributed by atoms with van der Waals surface area (Å²) in [5.41, 5.74) is 1.32. The standard InChI is InChI=1S/C17H21BrO/c1-2-3-7-14-19-17(18)12-10-16(11-13-17)15-8-5-4-6-9-15/h4-6,8-13,16H,2-3,7,14H2,1H3. The number of unbranched alkanes of at least 4 members (excludes halogenated alkanes) is 2. The molecule has 102 valence electrons. The van der Waals surface area contributed by atoms with Crippen molar-refractivity contribution in [1.82, 2.24) is 0 Å². The molecule has 0 heterocycles. The van der Waals surface area contributed by atoms with E-state index >= 15 is 0 Å². The third-order valence-corrected chi connectivity index (χ3v) is 4.07. The molecule has 1 aliphatic carbocycles. The zero-order chi connectivity index (χ0) is 13.6. The minimum Gasteiger partial charge on any atom is -0.356 e. The van der Waals surface area contributed by atoms with Crippen LogP contribution in [-0.2, 0) is 4.74 Å². The Kier molecular flexibility index (Phi) is 5.41. The maximum Gasteiger partial charge on any atom is 0.159 e. The van der Waals surface area contributed by atoms with Crippen LogP contribution in [0.2, 0.25) is 0 Å². The first-order valence-electron chi connectivity index (χ1n) is 7.00. The SMILES string of the molecule is CCCCCOC1(Br)C=CC(c2ccccc2)C=C1. The highest BCUT2D eigenvalue weighted by molar-refractivity contribution is 9.10. The van der Waals surface area contributed by atoms with E-state index in [2.05, 4.69) is 71.4 Å². The smallest absolute Gasteiger partial charge is 0.159 e. The van der Waals surface area contributed by atoms with Crippen molar-refractivity contribution in [3.8, 4) is 0 Å². The highest BCUT2D eigenvalue weighted by Gasteiger charge is 2.24. The summed E-state index contributed by atoms with van der Waals surface area (Å²) in [5, 5.41) is 0. The predicted molar refractivity (Wildman–Crippen MR) is 84.6 cm³/mol. The molecule has 0 bridgehead atoms. The molecule has 0 radical (unpaired) electrons. The molecule has 1 nitrogen and oxygen atoms in total. The maximum absolute atomic E-state index is 5.90. The van der Waals surface area contributed by atoms with Gasteiger partial charge in [-0.2, -0.15) is 0 Å². The number of hydrogen-bond acceptors (Lipinski definition) is 1. The van der Waals surface area contributed by atoms with Gasteiger partial charge in [-0.15, -0.1) is 0 Å². The van der Waals surface area contributed by atoms with Crippen LogP contribution in [0.15, 0.2) is 54.6 Å². The fourth-order valence-electron chi connectivity index (χ4n) is 2.16. The van der Waals surface area contributed by atoms with Crippen molar-refractivity contribution < 1.29 is 4.74 Å². The second kappa shape index (κ2) is 7.06. The summed E-state index contributed by atoms with van der Waals surface area (Å²) in [6, 6.07) is 10.5. The Balaban J connectivity index is 1.90. The average Bonchev–Trinajstić information content (AvgIpc) is 2.46. The normalized spacial score (nSPS) is 25.7. The van der Waals surface area contributed by atoms with Crippen LogP contribution in [0.5, 0.6) is 0 Å². The molecule has 0 saturated carbocycles. The Hall–Kier alpha value is -0.860. The Bertz CT molecular complexity index is 422. The topological polar surface area (TPSA) is 9.23 Å². The van der Waals surface area contributed by atoms with Crippen LogP contribution in [0.1, 0.15) is 37.7 Å². The van der Waals surface area contributed by atoms with E-state index in [-0.39, 0.29) is 0 Å². The minimum absolute atomic E-state index is 0.353. The van der Waals surface area contributed by atoms with Crippen molar-refractivity contribution in [2.24, 2.45) is 0 Å². The molecule has 2 heteroatoms. The number of benzene rings is 1. The Morgan fingerprint density at radius 2 is 1.79 bits per heavy atom. The van der Waals surface area contributed by atoms with Crippen LogP contribution in [0.3, 0.4) is 0 Å². The van der Waals surface area contributed by atoms with Crippen molar-refractivity contribution >= 4 is 15.9 Å². The van der Waals surface area contributed by atoms with Gasteiger partial charge in [0.25, 0.3) is 0 Å². The predicted octanol–water partition coefficient (Wildman–Crippen LogP) is 5.19. The molecule has 0 fully saturated rings. The van der Waals surface area contributed by atoms with Crippen molar-refractivity contribution in [3.05, 3.63) is 60.2 Å². The van der Waals surface area contributed by atoms with Crippen molar-refractivity contribution in [2.45, 2.75) is 36.6 Å².